The fraction of sp³-hybridized carbons (Fsp3) is 0.900. The van der Waals surface area contributed by atoms with Gasteiger partial charge < -0.3 is 0 Å². The highest BCUT2D eigenvalue weighted by Gasteiger charge is 2.78. The fourth-order valence-electron chi connectivity index (χ4n) is 4.04. The van der Waals surface area contributed by atoms with Crippen molar-refractivity contribution >= 4 is 5.78 Å². The Morgan fingerprint density at radius 3 is 2.55 bits per heavy atom. The van der Waals surface area contributed by atoms with Crippen molar-refractivity contribution in [2.45, 2.75) is 33.1 Å². The van der Waals surface area contributed by atoms with E-state index < -0.39 is 0 Å². The van der Waals surface area contributed by atoms with Gasteiger partial charge in [0.2, 0.25) is 0 Å². The summed E-state index contributed by atoms with van der Waals surface area (Å²) in [6.07, 6.45) is 3.50. The van der Waals surface area contributed by atoms with Crippen LogP contribution >= 0.6 is 0 Å². The second-order valence-corrected chi connectivity index (χ2v) is 5.26. The monoisotopic (exact) mass is 150 g/mol. The first-order valence-electron chi connectivity index (χ1n) is 4.61. The zero-order valence-corrected chi connectivity index (χ0v) is 7.18. The third-order valence-electron chi connectivity index (χ3n) is 4.56. The van der Waals surface area contributed by atoms with E-state index in [0.717, 1.165) is 12.3 Å². The van der Waals surface area contributed by atoms with E-state index in [0.29, 0.717) is 22.5 Å². The largest absolute Gasteiger partial charge is 0.299 e. The lowest BCUT2D eigenvalue weighted by atomic mass is 9.85. The summed E-state index contributed by atoms with van der Waals surface area (Å²) in [5.74, 6) is 1.83. The molecule has 4 atom stereocenters. The van der Waals surface area contributed by atoms with Crippen molar-refractivity contribution < 1.29 is 4.79 Å². The normalized spacial score (nSPS) is 65.1. The standard InChI is InChI=1S/C10H14O/c1-9-3-4-10(2)7(8(9)10)6(11)5-9/h7-8H,3-5H2,1-2H3. The van der Waals surface area contributed by atoms with E-state index in [1.807, 2.05) is 0 Å². The van der Waals surface area contributed by atoms with Crippen LogP contribution < -0.4 is 0 Å². The molecule has 0 spiro atoms. The molecule has 0 radical (unpaired) electrons. The van der Waals surface area contributed by atoms with Gasteiger partial charge in [0.15, 0.2) is 0 Å². The van der Waals surface area contributed by atoms with E-state index in [1.54, 1.807) is 0 Å². The number of carbonyl (C=O) groups excluding carboxylic acids is 1. The maximum absolute atomic E-state index is 11.5. The average Bonchev–Trinajstić information content (AvgIpc) is 2.36. The van der Waals surface area contributed by atoms with E-state index >= 15 is 0 Å². The number of carbonyl (C=O) groups is 1. The van der Waals surface area contributed by atoms with Gasteiger partial charge in [-0.1, -0.05) is 13.8 Å². The van der Waals surface area contributed by atoms with Crippen molar-refractivity contribution in [1.29, 1.82) is 0 Å². The molecular formula is C10H14O. The molecule has 0 amide bonds. The lowest BCUT2D eigenvalue weighted by Crippen LogP contribution is -2.14. The molecule has 0 aromatic heterocycles. The summed E-state index contributed by atoms with van der Waals surface area (Å²) in [6, 6.07) is 0. The topological polar surface area (TPSA) is 17.1 Å². The summed E-state index contributed by atoms with van der Waals surface area (Å²) in [7, 11) is 0. The van der Waals surface area contributed by atoms with E-state index in [2.05, 4.69) is 13.8 Å². The van der Waals surface area contributed by atoms with Crippen molar-refractivity contribution in [3.05, 3.63) is 0 Å². The summed E-state index contributed by atoms with van der Waals surface area (Å²) in [5.41, 5.74) is 0.889. The van der Waals surface area contributed by atoms with Crippen LogP contribution in [0.2, 0.25) is 0 Å². The molecule has 60 valence electrons. The summed E-state index contributed by atoms with van der Waals surface area (Å²) in [6.45, 7) is 4.62. The molecule has 4 unspecified atom stereocenters. The smallest absolute Gasteiger partial charge is 0.137 e. The van der Waals surface area contributed by atoms with E-state index in [-0.39, 0.29) is 0 Å². The molecule has 0 aromatic rings. The van der Waals surface area contributed by atoms with Crippen LogP contribution in [0.4, 0.5) is 0 Å². The molecule has 0 saturated heterocycles. The number of hydrogen-bond acceptors (Lipinski definition) is 1. The molecule has 1 heteroatoms. The number of ketones is 1. The van der Waals surface area contributed by atoms with Crippen LogP contribution in [0.25, 0.3) is 0 Å². The van der Waals surface area contributed by atoms with Crippen molar-refractivity contribution in [2.75, 3.05) is 0 Å². The Morgan fingerprint density at radius 1 is 1.36 bits per heavy atom. The third-order valence-corrected chi connectivity index (χ3v) is 4.56. The summed E-state index contributed by atoms with van der Waals surface area (Å²) >= 11 is 0. The molecule has 0 N–H and O–H groups in total. The van der Waals surface area contributed by atoms with Gasteiger partial charge in [-0.05, 0) is 29.6 Å². The van der Waals surface area contributed by atoms with Crippen LogP contribution in [0, 0.1) is 22.7 Å². The van der Waals surface area contributed by atoms with Crippen LogP contribution in [0.3, 0.4) is 0 Å². The van der Waals surface area contributed by atoms with Crippen LogP contribution in [0.1, 0.15) is 33.1 Å². The van der Waals surface area contributed by atoms with Crippen LogP contribution in [-0.4, -0.2) is 5.78 Å². The van der Waals surface area contributed by atoms with Gasteiger partial charge in [0.05, 0.1) is 0 Å². The van der Waals surface area contributed by atoms with Gasteiger partial charge in [-0.25, -0.2) is 0 Å². The zero-order chi connectivity index (χ0) is 7.85. The predicted molar refractivity (Wildman–Crippen MR) is 42.1 cm³/mol. The Morgan fingerprint density at radius 2 is 2.09 bits per heavy atom. The molecule has 11 heavy (non-hydrogen) atoms. The molecule has 3 rings (SSSR count). The third kappa shape index (κ3) is 0.447. The van der Waals surface area contributed by atoms with Gasteiger partial charge in [0.25, 0.3) is 0 Å². The van der Waals surface area contributed by atoms with Crippen molar-refractivity contribution in [3.63, 3.8) is 0 Å². The Hall–Kier alpha value is -0.330. The lowest BCUT2D eigenvalue weighted by molar-refractivity contribution is -0.120. The Bertz CT molecular complexity index is 258. The highest BCUT2D eigenvalue weighted by atomic mass is 16.1. The zero-order valence-electron chi connectivity index (χ0n) is 7.18. The molecule has 0 bridgehead atoms. The van der Waals surface area contributed by atoms with Crippen molar-refractivity contribution in [1.82, 2.24) is 0 Å². The molecule has 3 aliphatic carbocycles. The van der Waals surface area contributed by atoms with Crippen LogP contribution in [0.5, 0.6) is 0 Å². The fourth-order valence-corrected chi connectivity index (χ4v) is 4.04. The van der Waals surface area contributed by atoms with Gasteiger partial charge in [0, 0.05) is 12.3 Å². The first-order chi connectivity index (χ1) is 5.08. The second-order valence-electron chi connectivity index (χ2n) is 5.26. The van der Waals surface area contributed by atoms with Gasteiger partial charge in [-0.15, -0.1) is 0 Å². The molecule has 0 aromatic carbocycles. The average molecular weight is 150 g/mol. The van der Waals surface area contributed by atoms with Crippen LogP contribution in [-0.2, 0) is 4.79 Å². The quantitative estimate of drug-likeness (QED) is 0.516. The van der Waals surface area contributed by atoms with Crippen molar-refractivity contribution in [3.8, 4) is 0 Å². The van der Waals surface area contributed by atoms with Gasteiger partial charge >= 0.3 is 0 Å². The molecular weight excluding hydrogens is 136 g/mol. The Labute approximate surface area is 67.2 Å². The maximum atomic E-state index is 11.5. The highest BCUT2D eigenvalue weighted by molar-refractivity contribution is 5.90. The Kier molecular flexibility index (Phi) is 0.733. The highest BCUT2D eigenvalue weighted by Crippen LogP contribution is 2.80. The van der Waals surface area contributed by atoms with Gasteiger partial charge in [-0.2, -0.15) is 0 Å². The van der Waals surface area contributed by atoms with Crippen molar-refractivity contribution in [2.24, 2.45) is 22.7 Å². The summed E-state index contributed by atoms with van der Waals surface area (Å²) < 4.78 is 0. The second kappa shape index (κ2) is 1.30. The van der Waals surface area contributed by atoms with Gasteiger partial charge in [0.1, 0.15) is 5.78 Å². The maximum Gasteiger partial charge on any atom is 0.137 e. The summed E-state index contributed by atoms with van der Waals surface area (Å²) in [4.78, 5) is 11.5. The minimum Gasteiger partial charge on any atom is -0.299 e. The predicted octanol–water partition coefficient (Wildman–Crippen LogP) is 2.01. The SMILES string of the molecule is CC12CCC3(C)C(C(=O)C1)C23. The number of rotatable bonds is 0. The molecule has 3 aliphatic rings. The lowest BCUT2D eigenvalue weighted by Gasteiger charge is -2.19. The minimum absolute atomic E-state index is 0.427. The number of fused-ring (bicyclic) bond motifs is 1. The van der Waals surface area contributed by atoms with E-state index in [9.17, 15) is 4.79 Å². The van der Waals surface area contributed by atoms with E-state index in [4.69, 9.17) is 0 Å². The van der Waals surface area contributed by atoms with Crippen LogP contribution in [0.15, 0.2) is 0 Å². The number of hydrogen-bond donors (Lipinski definition) is 0. The first kappa shape index (κ1) is 6.22. The first-order valence-corrected chi connectivity index (χ1v) is 4.61. The summed E-state index contributed by atoms with van der Waals surface area (Å²) in [5, 5.41) is 0. The minimum atomic E-state index is 0.427. The molecule has 3 saturated carbocycles. The molecule has 3 fully saturated rings. The van der Waals surface area contributed by atoms with Gasteiger partial charge in [-0.3, -0.25) is 4.79 Å². The molecule has 0 heterocycles. The molecule has 1 nitrogen and oxygen atoms in total. The number of Topliss-reactive ketones (excluding diaryl/α,β-unsaturated/α-hetero) is 1. The van der Waals surface area contributed by atoms with E-state index in [1.165, 1.54) is 12.8 Å². The Balaban J connectivity index is 2.12. The molecule has 0 aliphatic heterocycles.